The lowest BCUT2D eigenvalue weighted by Crippen LogP contribution is -2.47. The first-order valence-electron chi connectivity index (χ1n) is 8.14. The number of hydrogen-bond acceptors (Lipinski definition) is 14. The van der Waals surface area contributed by atoms with Gasteiger partial charge < -0.3 is 24.7 Å². The summed E-state index contributed by atoms with van der Waals surface area (Å²) >= 11 is 0. The molecule has 33 heavy (non-hydrogen) atoms. The maximum absolute atomic E-state index is 12.5. The number of benzene rings is 1. The zero-order chi connectivity index (χ0) is 25.5. The van der Waals surface area contributed by atoms with Gasteiger partial charge in [0.1, 0.15) is 16.7 Å². The summed E-state index contributed by atoms with van der Waals surface area (Å²) in [5.41, 5.74) is 5.16. The van der Waals surface area contributed by atoms with Crippen molar-refractivity contribution in [2.75, 3.05) is 16.8 Å². The Balaban J connectivity index is 2.52. The van der Waals surface area contributed by atoms with Gasteiger partial charge in [0.15, 0.2) is 0 Å². The summed E-state index contributed by atoms with van der Waals surface area (Å²) in [6.45, 7) is 1.50. The fraction of sp³-hybridized carbons (Fsp3) is 0.250. The normalized spacial score (nSPS) is 14.9. The topological polar surface area (TPSA) is 293 Å². The number of anilines is 3. The highest BCUT2D eigenvalue weighted by Gasteiger charge is 2.52. The van der Waals surface area contributed by atoms with Crippen molar-refractivity contribution in [1.29, 1.82) is 0 Å². The second kappa shape index (κ2) is 8.62. The largest absolute Gasteiger partial charge is 0.411 e. The molecule has 0 unspecified atom stereocenters. The van der Waals surface area contributed by atoms with E-state index in [1.807, 2.05) is 0 Å². The Morgan fingerprint density at radius 3 is 2.15 bits per heavy atom. The van der Waals surface area contributed by atoms with Gasteiger partial charge in [-0.15, -0.1) is 3.63 Å². The monoisotopic (exact) mass is 553 g/mol. The molecule has 2 rings (SSSR count). The third kappa shape index (κ3) is 6.73. The van der Waals surface area contributed by atoms with Crippen molar-refractivity contribution in [3.05, 3.63) is 29.6 Å². The molecule has 0 fully saturated rings. The molecular formula is C12H19N5O12S4. The smallest absolute Gasteiger partial charge is 0.368 e. The highest BCUT2D eigenvalue weighted by Crippen LogP contribution is 2.47. The molecule has 0 aliphatic rings. The van der Waals surface area contributed by atoms with Crippen LogP contribution >= 0.6 is 10.9 Å². The molecule has 0 radical (unpaired) electrons. The maximum Gasteiger partial charge on any atom is 0.411 e. The minimum absolute atomic E-state index is 0.0615. The molecule has 0 aliphatic heterocycles. The number of aromatic nitrogens is 3. The van der Waals surface area contributed by atoms with E-state index in [-0.39, 0.29) is 23.4 Å². The van der Waals surface area contributed by atoms with Crippen LogP contribution in [0, 0.1) is 6.92 Å². The number of rotatable bonds is 9. The van der Waals surface area contributed by atoms with E-state index >= 15 is 0 Å². The Labute approximate surface area is 188 Å². The van der Waals surface area contributed by atoms with Crippen LogP contribution in [0.2, 0.25) is 0 Å². The zero-order valence-electron chi connectivity index (χ0n) is 16.3. The van der Waals surface area contributed by atoms with Gasteiger partial charge in [-0.1, -0.05) is 0 Å². The lowest BCUT2D eigenvalue weighted by atomic mass is 10.1. The van der Waals surface area contributed by atoms with Gasteiger partial charge >= 0.3 is 19.5 Å². The highest BCUT2D eigenvalue weighted by atomic mass is 33.2. The lowest BCUT2D eigenvalue weighted by molar-refractivity contribution is 0.349. The molecule has 1 aromatic heterocycles. The predicted octanol–water partition coefficient (Wildman–Crippen LogP) is 0.461. The Kier molecular flexibility index (Phi) is 7.11. The average molecular weight is 554 g/mol. The van der Waals surface area contributed by atoms with Gasteiger partial charge in [0.05, 0.1) is 10.6 Å². The van der Waals surface area contributed by atoms with Gasteiger partial charge in [0.2, 0.25) is 20.6 Å². The van der Waals surface area contributed by atoms with Crippen LogP contribution in [-0.2, 0) is 38.3 Å². The molecule has 0 aliphatic carbocycles. The van der Waals surface area contributed by atoms with Crippen molar-refractivity contribution in [3.63, 3.8) is 0 Å². The molecule has 2 aromatic rings. The van der Waals surface area contributed by atoms with Crippen LogP contribution in [0.25, 0.3) is 0 Å². The number of nitrogens with two attached hydrogens (primary N) is 1. The first-order valence-corrected chi connectivity index (χ1v) is 15.0. The van der Waals surface area contributed by atoms with E-state index in [1.54, 1.807) is 0 Å². The fourth-order valence-corrected chi connectivity index (χ4v) is 8.02. The summed E-state index contributed by atoms with van der Waals surface area (Å²) in [4.78, 5) is 10.8. The summed E-state index contributed by atoms with van der Waals surface area (Å²) < 4.78 is 117. The summed E-state index contributed by atoms with van der Waals surface area (Å²) in [6.07, 6.45) is -1.00. The molecule has 0 amide bonds. The van der Waals surface area contributed by atoms with Crippen LogP contribution in [0.1, 0.15) is 11.4 Å². The minimum atomic E-state index is -7.02. The van der Waals surface area contributed by atoms with Gasteiger partial charge in [-0.2, -0.15) is 31.8 Å². The number of nitrogens with one attached hydrogen (secondary N) is 1. The molecule has 17 nitrogen and oxygen atoms in total. The van der Waals surface area contributed by atoms with E-state index in [2.05, 4.69) is 23.9 Å². The van der Waals surface area contributed by atoms with Gasteiger partial charge in [-0.3, -0.25) is 13.7 Å². The first kappa shape index (κ1) is 27.2. The summed E-state index contributed by atoms with van der Waals surface area (Å²) in [6, 6.07) is 3.15. The second-order valence-corrected chi connectivity index (χ2v) is 15.5. The molecule has 0 spiro atoms. The number of aryl methyl sites for hydroxylation is 2. The molecule has 1 heterocycles. The fourth-order valence-electron chi connectivity index (χ4n) is 2.43. The number of nitrogens with zero attached hydrogens (tertiary/aromatic N) is 3. The summed E-state index contributed by atoms with van der Waals surface area (Å²) in [7, 11) is -23.5. The quantitative estimate of drug-likeness (QED) is 0.154. The van der Waals surface area contributed by atoms with Crippen LogP contribution in [0.4, 0.5) is 17.6 Å². The van der Waals surface area contributed by atoms with E-state index in [1.165, 1.54) is 13.0 Å². The molecule has 9 N–H and O–H groups in total. The van der Waals surface area contributed by atoms with Crippen molar-refractivity contribution in [3.8, 4) is 0 Å². The van der Waals surface area contributed by atoms with E-state index < -0.39 is 61.7 Å². The van der Waals surface area contributed by atoms with Crippen molar-refractivity contribution in [2.45, 2.75) is 18.2 Å². The molecular weight excluding hydrogens is 534 g/mol. The predicted molar refractivity (Wildman–Crippen MR) is 116 cm³/mol. The van der Waals surface area contributed by atoms with E-state index in [4.69, 9.17) is 14.8 Å². The number of hydrogen-bond donors (Lipinski definition) is 8. The van der Waals surface area contributed by atoms with Crippen LogP contribution in [0.5, 0.6) is 0 Å². The Bertz CT molecular complexity index is 1340. The van der Waals surface area contributed by atoms with Crippen molar-refractivity contribution in [2.24, 2.45) is 0 Å². The van der Waals surface area contributed by atoms with Crippen molar-refractivity contribution in [1.82, 2.24) is 15.0 Å². The summed E-state index contributed by atoms with van der Waals surface area (Å²) in [5.74, 6) is -1.71. The number of nitrogen functional groups attached to an aromatic ring is 1. The minimum Gasteiger partial charge on any atom is -0.368 e. The van der Waals surface area contributed by atoms with Crippen molar-refractivity contribution >= 4 is 56.7 Å². The van der Waals surface area contributed by atoms with Crippen LogP contribution in [0.3, 0.4) is 0 Å². The third-order valence-corrected chi connectivity index (χ3v) is 11.7. The molecule has 0 saturated carbocycles. The Hall–Kier alpha value is -2.05. The Morgan fingerprint density at radius 1 is 1.06 bits per heavy atom. The summed E-state index contributed by atoms with van der Waals surface area (Å²) in [5, 5.41) is 2.64. The molecule has 188 valence electrons. The van der Waals surface area contributed by atoms with Crippen LogP contribution < -0.4 is 11.1 Å². The zero-order valence-corrected chi connectivity index (χ0v) is 19.6. The van der Waals surface area contributed by atoms with E-state index in [9.17, 15) is 39.3 Å². The van der Waals surface area contributed by atoms with Gasteiger partial charge in [-0.25, -0.2) is 4.21 Å². The Morgan fingerprint density at radius 2 is 1.67 bits per heavy atom. The van der Waals surface area contributed by atoms with Gasteiger partial charge in [-0.05, 0) is 37.1 Å². The van der Waals surface area contributed by atoms with Crippen LogP contribution in [0.15, 0.2) is 23.1 Å². The molecule has 0 atom stereocenters. The standard InChI is InChI=1S/C12H19N5O12S4/c1-7-14-11(13)17-12(15-7)16-9-2-3-10(30(18,19)20)8(6-9)4-5-33(27,28,32(24,25)26)29-31(21,22)23/h2-3,6,18-20H,4-5H2,1H3,(H,27,28)(H,21,22,23)(H,24,25,26)(H3,13,14,15,16,17). The maximum atomic E-state index is 12.5. The first-order chi connectivity index (χ1) is 14.7. The third-order valence-electron chi connectivity index (χ3n) is 3.72. The van der Waals surface area contributed by atoms with Gasteiger partial charge in [0.25, 0.3) is 0 Å². The molecule has 0 saturated heterocycles. The van der Waals surface area contributed by atoms with E-state index in [0.717, 1.165) is 12.1 Å². The van der Waals surface area contributed by atoms with Crippen LogP contribution in [-0.4, -0.2) is 69.1 Å². The molecule has 1 aromatic carbocycles. The van der Waals surface area contributed by atoms with Crippen molar-refractivity contribution < 1.29 is 52.0 Å². The molecule has 21 heteroatoms. The van der Waals surface area contributed by atoms with E-state index in [0.29, 0.717) is 0 Å². The van der Waals surface area contributed by atoms with Gasteiger partial charge in [0, 0.05) is 5.69 Å². The average Bonchev–Trinajstić information content (AvgIpc) is 2.55. The highest BCUT2D eigenvalue weighted by molar-refractivity contribution is 8.75. The SMILES string of the molecule is Cc1nc(N)nc(Nc2ccc(S(O)(O)O)c(CCS(=O)(O)(OS(=O)(=O)O)S(=O)(=O)O)c2)n1. The molecule has 0 bridgehead atoms. The second-order valence-electron chi connectivity index (χ2n) is 6.32. The lowest BCUT2D eigenvalue weighted by Gasteiger charge is -2.31.